The number of hydrogen-bond donors (Lipinski definition) is 1. The van der Waals surface area contributed by atoms with Gasteiger partial charge in [0.05, 0.1) is 10.7 Å². The van der Waals surface area contributed by atoms with E-state index in [2.05, 4.69) is 50.3 Å². The molecule has 0 amide bonds. The Bertz CT molecular complexity index is 294. The van der Waals surface area contributed by atoms with Crippen LogP contribution in [0.15, 0.2) is 5.38 Å². The van der Waals surface area contributed by atoms with E-state index in [1.165, 1.54) is 10.7 Å². The van der Waals surface area contributed by atoms with E-state index >= 15 is 0 Å². The number of thiazole rings is 1. The summed E-state index contributed by atoms with van der Waals surface area (Å²) in [5, 5.41) is 6.98. The Kier molecular flexibility index (Phi) is 4.74. The zero-order valence-electron chi connectivity index (χ0n) is 10.4. The van der Waals surface area contributed by atoms with Gasteiger partial charge in [-0.15, -0.1) is 11.3 Å². The fraction of sp³-hybridized carbons (Fsp3) is 0.750. The summed E-state index contributed by atoms with van der Waals surface area (Å²) in [6.07, 6.45) is 1.04. The fourth-order valence-electron chi connectivity index (χ4n) is 1.36. The van der Waals surface area contributed by atoms with Crippen LogP contribution in [0.4, 0.5) is 0 Å². The molecule has 0 saturated heterocycles. The molecule has 1 N–H and O–H groups in total. The summed E-state index contributed by atoms with van der Waals surface area (Å²) < 4.78 is 0. The second-order valence-electron chi connectivity index (χ2n) is 4.44. The number of nitrogens with one attached hydrogen (secondary N) is 1. The number of hydrogen-bond acceptors (Lipinski definition) is 3. The third kappa shape index (κ3) is 3.58. The van der Waals surface area contributed by atoms with Crippen LogP contribution >= 0.6 is 11.3 Å². The lowest BCUT2D eigenvalue weighted by Crippen LogP contribution is -2.33. The SMILES string of the molecule is CCc1nc(C(C)NC(C)C(C)C)cs1. The quantitative estimate of drug-likeness (QED) is 0.832. The van der Waals surface area contributed by atoms with Crippen molar-refractivity contribution < 1.29 is 0 Å². The molecule has 1 aromatic heterocycles. The Labute approximate surface area is 97.1 Å². The van der Waals surface area contributed by atoms with Crippen molar-refractivity contribution in [2.24, 2.45) is 5.92 Å². The van der Waals surface area contributed by atoms with Crippen LogP contribution < -0.4 is 5.32 Å². The Balaban J connectivity index is 2.56. The molecule has 0 fully saturated rings. The molecule has 1 aromatic rings. The number of rotatable bonds is 5. The third-order valence-electron chi connectivity index (χ3n) is 2.83. The van der Waals surface area contributed by atoms with Gasteiger partial charge in [-0.1, -0.05) is 20.8 Å². The molecule has 15 heavy (non-hydrogen) atoms. The van der Waals surface area contributed by atoms with E-state index in [1.807, 2.05) is 0 Å². The summed E-state index contributed by atoms with van der Waals surface area (Å²) in [7, 11) is 0. The first kappa shape index (κ1) is 12.7. The Hall–Kier alpha value is -0.410. The summed E-state index contributed by atoms with van der Waals surface area (Å²) in [5.74, 6) is 0.664. The Morgan fingerprint density at radius 3 is 2.47 bits per heavy atom. The largest absolute Gasteiger partial charge is 0.306 e. The van der Waals surface area contributed by atoms with Crippen molar-refractivity contribution >= 4 is 11.3 Å². The van der Waals surface area contributed by atoms with E-state index in [-0.39, 0.29) is 0 Å². The molecule has 2 nitrogen and oxygen atoms in total. The van der Waals surface area contributed by atoms with Gasteiger partial charge in [0.2, 0.25) is 0 Å². The van der Waals surface area contributed by atoms with E-state index in [1.54, 1.807) is 11.3 Å². The smallest absolute Gasteiger partial charge is 0.0926 e. The second kappa shape index (κ2) is 5.61. The Morgan fingerprint density at radius 1 is 1.33 bits per heavy atom. The minimum Gasteiger partial charge on any atom is -0.306 e. The highest BCUT2D eigenvalue weighted by Crippen LogP contribution is 2.18. The van der Waals surface area contributed by atoms with Gasteiger partial charge in [-0.25, -0.2) is 4.98 Å². The molecular formula is C12H22N2S. The van der Waals surface area contributed by atoms with E-state index in [0.717, 1.165) is 6.42 Å². The van der Waals surface area contributed by atoms with Gasteiger partial charge >= 0.3 is 0 Å². The normalized spacial score (nSPS) is 15.6. The van der Waals surface area contributed by atoms with Gasteiger partial charge in [0.1, 0.15) is 0 Å². The number of aryl methyl sites for hydroxylation is 1. The fourth-order valence-corrected chi connectivity index (χ4v) is 2.20. The van der Waals surface area contributed by atoms with Gasteiger partial charge < -0.3 is 5.32 Å². The lowest BCUT2D eigenvalue weighted by Gasteiger charge is -2.21. The first-order valence-electron chi connectivity index (χ1n) is 5.75. The first-order valence-corrected chi connectivity index (χ1v) is 6.62. The standard InChI is InChI=1S/C12H22N2S/c1-6-12-14-11(7-15-12)10(5)13-9(4)8(2)3/h7-10,13H,6H2,1-5H3. The van der Waals surface area contributed by atoms with Crippen LogP contribution in [0.2, 0.25) is 0 Å². The topological polar surface area (TPSA) is 24.9 Å². The molecule has 2 unspecified atom stereocenters. The summed E-state index contributed by atoms with van der Waals surface area (Å²) in [6, 6.07) is 0.894. The second-order valence-corrected chi connectivity index (χ2v) is 5.38. The molecule has 0 radical (unpaired) electrons. The zero-order chi connectivity index (χ0) is 11.4. The molecule has 3 heteroatoms. The molecule has 86 valence electrons. The third-order valence-corrected chi connectivity index (χ3v) is 3.84. The van der Waals surface area contributed by atoms with Crippen molar-refractivity contribution in [2.75, 3.05) is 0 Å². The van der Waals surface area contributed by atoms with Crippen LogP contribution in [0.5, 0.6) is 0 Å². The average molecular weight is 226 g/mol. The van der Waals surface area contributed by atoms with Gasteiger partial charge in [0.25, 0.3) is 0 Å². The first-order chi connectivity index (χ1) is 7.04. The molecule has 0 saturated carbocycles. The highest BCUT2D eigenvalue weighted by atomic mass is 32.1. The zero-order valence-corrected chi connectivity index (χ0v) is 11.2. The van der Waals surface area contributed by atoms with E-state index in [9.17, 15) is 0 Å². The van der Waals surface area contributed by atoms with Crippen LogP contribution in [0.3, 0.4) is 0 Å². The van der Waals surface area contributed by atoms with Crippen LogP contribution in [-0.4, -0.2) is 11.0 Å². The van der Waals surface area contributed by atoms with E-state index < -0.39 is 0 Å². The van der Waals surface area contributed by atoms with Crippen LogP contribution in [0.25, 0.3) is 0 Å². The van der Waals surface area contributed by atoms with E-state index in [4.69, 9.17) is 0 Å². The van der Waals surface area contributed by atoms with Crippen molar-refractivity contribution in [3.63, 3.8) is 0 Å². The van der Waals surface area contributed by atoms with Crippen molar-refractivity contribution in [2.45, 2.75) is 53.1 Å². The predicted molar refractivity (Wildman–Crippen MR) is 67.3 cm³/mol. The highest BCUT2D eigenvalue weighted by molar-refractivity contribution is 7.09. The lowest BCUT2D eigenvalue weighted by atomic mass is 10.1. The summed E-state index contributed by atoms with van der Waals surface area (Å²) >= 11 is 1.76. The molecular weight excluding hydrogens is 204 g/mol. The maximum Gasteiger partial charge on any atom is 0.0926 e. The summed E-state index contributed by atoms with van der Waals surface area (Å²) in [5.41, 5.74) is 1.18. The molecule has 1 rings (SSSR count). The summed E-state index contributed by atoms with van der Waals surface area (Å²) in [4.78, 5) is 4.60. The molecule has 2 atom stereocenters. The van der Waals surface area contributed by atoms with Gasteiger partial charge in [-0.2, -0.15) is 0 Å². The molecule has 0 aromatic carbocycles. The van der Waals surface area contributed by atoms with Gasteiger partial charge in [0.15, 0.2) is 0 Å². The summed E-state index contributed by atoms with van der Waals surface area (Å²) in [6.45, 7) is 11.0. The minimum atomic E-state index is 0.360. The molecule has 0 aliphatic heterocycles. The maximum absolute atomic E-state index is 4.60. The molecule has 1 heterocycles. The number of aromatic nitrogens is 1. The monoisotopic (exact) mass is 226 g/mol. The maximum atomic E-state index is 4.60. The minimum absolute atomic E-state index is 0.360. The lowest BCUT2D eigenvalue weighted by molar-refractivity contribution is 0.385. The Morgan fingerprint density at radius 2 is 2.00 bits per heavy atom. The highest BCUT2D eigenvalue weighted by Gasteiger charge is 2.14. The average Bonchev–Trinajstić information content (AvgIpc) is 2.65. The van der Waals surface area contributed by atoms with Crippen molar-refractivity contribution in [3.05, 3.63) is 16.1 Å². The van der Waals surface area contributed by atoms with Crippen molar-refractivity contribution in [3.8, 4) is 0 Å². The number of nitrogens with zero attached hydrogens (tertiary/aromatic N) is 1. The molecule has 0 spiro atoms. The molecule has 0 aliphatic rings. The van der Waals surface area contributed by atoms with Crippen molar-refractivity contribution in [1.29, 1.82) is 0 Å². The van der Waals surface area contributed by atoms with Gasteiger partial charge in [-0.3, -0.25) is 0 Å². The van der Waals surface area contributed by atoms with Gasteiger partial charge in [-0.05, 0) is 26.2 Å². The van der Waals surface area contributed by atoms with Crippen LogP contribution in [-0.2, 0) is 6.42 Å². The van der Waals surface area contributed by atoms with Crippen LogP contribution in [0.1, 0.15) is 51.4 Å². The molecule has 0 aliphatic carbocycles. The van der Waals surface area contributed by atoms with Crippen molar-refractivity contribution in [1.82, 2.24) is 10.3 Å². The van der Waals surface area contributed by atoms with Crippen LogP contribution in [0, 0.1) is 5.92 Å². The van der Waals surface area contributed by atoms with Gasteiger partial charge in [0, 0.05) is 17.5 Å². The predicted octanol–water partition coefficient (Wildman–Crippen LogP) is 3.40. The molecule has 0 bridgehead atoms. The van der Waals surface area contributed by atoms with E-state index in [0.29, 0.717) is 18.0 Å².